The second kappa shape index (κ2) is 5.81. The van der Waals surface area contributed by atoms with E-state index in [0.717, 1.165) is 12.8 Å². The third-order valence-electron chi connectivity index (χ3n) is 6.23. The number of rotatable bonds is 1. The van der Waals surface area contributed by atoms with Crippen LogP contribution in [0.5, 0.6) is 0 Å². The molecule has 27 heavy (non-hydrogen) atoms. The number of hydrogen-bond donors (Lipinski definition) is 0. The zero-order valence-corrected chi connectivity index (χ0v) is 15.4. The maximum atomic E-state index is 13.0. The Labute approximate surface area is 158 Å². The molecule has 2 aromatic rings. The lowest BCUT2D eigenvalue weighted by molar-refractivity contribution is 0.0680. The summed E-state index contributed by atoms with van der Waals surface area (Å²) >= 11 is 0. The Balaban J connectivity index is 1.34. The standard InChI is InChI=1S/C21H22N4O2/c1-23-12-13-25-18(20(23)27)14-17(22-25)19(26)24-10-8-21(9-11-24)7-6-15-4-2-3-5-16(15)21/h2-7,14H,8-13H2,1H3. The molecule has 3 aliphatic rings. The van der Waals surface area contributed by atoms with Crippen LogP contribution in [0.1, 0.15) is 44.9 Å². The number of nitrogens with zero attached hydrogens (tertiary/aromatic N) is 4. The molecule has 1 aromatic carbocycles. The second-order valence-corrected chi connectivity index (χ2v) is 7.73. The number of fused-ring (bicyclic) bond motifs is 3. The summed E-state index contributed by atoms with van der Waals surface area (Å²) in [5.74, 6) is -0.143. The van der Waals surface area contributed by atoms with Gasteiger partial charge in [0.2, 0.25) is 0 Å². The Morgan fingerprint density at radius 1 is 1.11 bits per heavy atom. The van der Waals surface area contributed by atoms with E-state index in [9.17, 15) is 9.59 Å². The van der Waals surface area contributed by atoms with Crippen molar-refractivity contribution in [1.29, 1.82) is 0 Å². The molecular weight excluding hydrogens is 340 g/mol. The SMILES string of the molecule is CN1CCn2nc(C(=O)N3CCC4(C=Cc5ccccc54)CC3)cc2C1=O. The molecule has 138 valence electrons. The Morgan fingerprint density at radius 3 is 2.70 bits per heavy atom. The van der Waals surface area contributed by atoms with Crippen LogP contribution in [0.25, 0.3) is 6.08 Å². The van der Waals surface area contributed by atoms with Crippen molar-refractivity contribution in [1.82, 2.24) is 19.6 Å². The monoisotopic (exact) mass is 362 g/mol. The van der Waals surface area contributed by atoms with E-state index in [2.05, 4.69) is 41.5 Å². The molecule has 0 atom stereocenters. The molecule has 1 spiro atoms. The fourth-order valence-electron chi connectivity index (χ4n) is 4.55. The van der Waals surface area contributed by atoms with Gasteiger partial charge in [-0.3, -0.25) is 14.3 Å². The number of likely N-dealkylation sites (tertiary alicyclic amines) is 1. The number of allylic oxidation sites excluding steroid dienone is 1. The van der Waals surface area contributed by atoms with Crippen LogP contribution in [0.15, 0.2) is 36.4 Å². The molecule has 2 aliphatic heterocycles. The van der Waals surface area contributed by atoms with E-state index in [-0.39, 0.29) is 17.2 Å². The Morgan fingerprint density at radius 2 is 1.89 bits per heavy atom. The number of piperidine rings is 1. The molecule has 5 rings (SSSR count). The summed E-state index contributed by atoms with van der Waals surface area (Å²) in [4.78, 5) is 28.8. The van der Waals surface area contributed by atoms with Crippen LogP contribution in [0, 0.1) is 0 Å². The highest BCUT2D eigenvalue weighted by molar-refractivity contribution is 5.98. The van der Waals surface area contributed by atoms with Crippen LogP contribution in [-0.4, -0.2) is 58.1 Å². The van der Waals surface area contributed by atoms with Crippen molar-refractivity contribution in [2.75, 3.05) is 26.7 Å². The molecule has 0 saturated carbocycles. The molecule has 0 N–H and O–H groups in total. The van der Waals surface area contributed by atoms with Gasteiger partial charge in [-0.15, -0.1) is 0 Å². The highest BCUT2D eigenvalue weighted by Gasteiger charge is 2.39. The smallest absolute Gasteiger partial charge is 0.274 e. The van der Waals surface area contributed by atoms with E-state index in [1.54, 1.807) is 22.7 Å². The fraction of sp³-hybridized carbons (Fsp3) is 0.381. The van der Waals surface area contributed by atoms with E-state index >= 15 is 0 Å². The number of amides is 2. The molecular formula is C21H22N4O2. The summed E-state index contributed by atoms with van der Waals surface area (Å²) < 4.78 is 1.66. The van der Waals surface area contributed by atoms with Crippen molar-refractivity contribution in [2.45, 2.75) is 24.8 Å². The van der Waals surface area contributed by atoms with Gasteiger partial charge in [0, 0.05) is 38.2 Å². The fourth-order valence-corrected chi connectivity index (χ4v) is 4.55. The number of aromatic nitrogens is 2. The van der Waals surface area contributed by atoms with Crippen molar-refractivity contribution >= 4 is 17.9 Å². The van der Waals surface area contributed by atoms with Crippen molar-refractivity contribution in [3.05, 3.63) is 58.9 Å². The summed E-state index contributed by atoms with van der Waals surface area (Å²) in [7, 11) is 1.78. The van der Waals surface area contributed by atoms with Gasteiger partial charge in [0.15, 0.2) is 5.69 Å². The van der Waals surface area contributed by atoms with Crippen LogP contribution >= 0.6 is 0 Å². The van der Waals surface area contributed by atoms with Crippen molar-refractivity contribution in [3.8, 4) is 0 Å². The minimum atomic E-state index is -0.0718. The molecule has 0 unspecified atom stereocenters. The normalized spacial score (nSPS) is 20.1. The first-order valence-electron chi connectivity index (χ1n) is 9.49. The van der Waals surface area contributed by atoms with Gasteiger partial charge >= 0.3 is 0 Å². The molecule has 1 aliphatic carbocycles. The largest absolute Gasteiger partial charge is 0.339 e. The predicted molar refractivity (Wildman–Crippen MR) is 101 cm³/mol. The topological polar surface area (TPSA) is 58.4 Å². The van der Waals surface area contributed by atoms with E-state index < -0.39 is 0 Å². The molecule has 1 aromatic heterocycles. The molecule has 2 amide bonds. The van der Waals surface area contributed by atoms with Crippen LogP contribution < -0.4 is 0 Å². The van der Waals surface area contributed by atoms with Crippen LogP contribution in [-0.2, 0) is 12.0 Å². The van der Waals surface area contributed by atoms with E-state index in [4.69, 9.17) is 0 Å². The third-order valence-corrected chi connectivity index (χ3v) is 6.23. The van der Waals surface area contributed by atoms with Gasteiger partial charge in [0.25, 0.3) is 11.8 Å². The lowest BCUT2D eigenvalue weighted by Gasteiger charge is -2.39. The molecule has 1 fully saturated rings. The van der Waals surface area contributed by atoms with Gasteiger partial charge in [-0.05, 0) is 24.0 Å². The van der Waals surface area contributed by atoms with Gasteiger partial charge in [-0.1, -0.05) is 36.4 Å². The Kier molecular flexibility index (Phi) is 3.50. The van der Waals surface area contributed by atoms with Crippen molar-refractivity contribution in [2.24, 2.45) is 0 Å². The Bertz CT molecular complexity index is 966. The first kappa shape index (κ1) is 16.3. The van der Waals surface area contributed by atoms with Gasteiger partial charge < -0.3 is 9.80 Å². The Hall–Kier alpha value is -2.89. The number of benzene rings is 1. The number of carbonyl (C=O) groups excluding carboxylic acids is 2. The molecule has 0 bridgehead atoms. The maximum Gasteiger partial charge on any atom is 0.274 e. The van der Waals surface area contributed by atoms with Crippen molar-refractivity contribution in [3.63, 3.8) is 0 Å². The van der Waals surface area contributed by atoms with Crippen molar-refractivity contribution < 1.29 is 9.59 Å². The first-order chi connectivity index (χ1) is 13.1. The molecule has 6 heteroatoms. The summed E-state index contributed by atoms with van der Waals surface area (Å²) in [5.41, 5.74) is 3.62. The zero-order valence-electron chi connectivity index (χ0n) is 15.4. The van der Waals surface area contributed by atoms with Gasteiger partial charge in [0.1, 0.15) is 5.69 Å². The predicted octanol–water partition coefficient (Wildman–Crippen LogP) is 2.17. The first-order valence-corrected chi connectivity index (χ1v) is 9.49. The summed E-state index contributed by atoms with van der Waals surface area (Å²) in [6.45, 7) is 2.66. The summed E-state index contributed by atoms with van der Waals surface area (Å²) in [6, 6.07) is 10.2. The average Bonchev–Trinajstić information content (AvgIpc) is 3.28. The minimum absolute atomic E-state index is 0.0550. The summed E-state index contributed by atoms with van der Waals surface area (Å²) in [6.07, 6.45) is 6.35. The number of carbonyl (C=O) groups is 2. The maximum absolute atomic E-state index is 13.0. The quantitative estimate of drug-likeness (QED) is 0.781. The molecule has 1 saturated heterocycles. The van der Waals surface area contributed by atoms with E-state index in [1.165, 1.54) is 11.1 Å². The van der Waals surface area contributed by atoms with Gasteiger partial charge in [-0.2, -0.15) is 5.10 Å². The lowest BCUT2D eigenvalue weighted by atomic mass is 9.74. The summed E-state index contributed by atoms with van der Waals surface area (Å²) in [5, 5.41) is 4.40. The van der Waals surface area contributed by atoms with Crippen LogP contribution in [0.3, 0.4) is 0 Å². The minimum Gasteiger partial charge on any atom is -0.339 e. The van der Waals surface area contributed by atoms with Gasteiger partial charge in [0.05, 0.1) is 6.54 Å². The van der Waals surface area contributed by atoms with E-state index in [0.29, 0.717) is 37.6 Å². The zero-order chi connectivity index (χ0) is 18.6. The number of likely N-dealkylation sites (N-methyl/N-ethyl adjacent to an activating group) is 1. The molecule has 6 nitrogen and oxygen atoms in total. The number of hydrogen-bond acceptors (Lipinski definition) is 3. The van der Waals surface area contributed by atoms with E-state index in [1.807, 2.05) is 4.90 Å². The van der Waals surface area contributed by atoms with Gasteiger partial charge in [-0.25, -0.2) is 0 Å². The molecule has 0 radical (unpaired) electrons. The highest BCUT2D eigenvalue weighted by Crippen LogP contribution is 2.43. The lowest BCUT2D eigenvalue weighted by Crippen LogP contribution is -2.44. The third kappa shape index (κ3) is 2.43. The molecule has 3 heterocycles. The highest BCUT2D eigenvalue weighted by atomic mass is 16.2. The second-order valence-electron chi connectivity index (χ2n) is 7.73. The van der Waals surface area contributed by atoms with Crippen LogP contribution in [0.4, 0.5) is 0 Å². The van der Waals surface area contributed by atoms with Crippen LogP contribution in [0.2, 0.25) is 0 Å². The average molecular weight is 362 g/mol.